The first-order valence-electron chi connectivity index (χ1n) is 11.2. The van der Waals surface area contributed by atoms with Crippen LogP contribution in [0.4, 0.5) is 16.0 Å². The number of halogens is 1. The predicted molar refractivity (Wildman–Crippen MR) is 133 cm³/mol. The number of benzene rings is 2. The number of carbonyl (C=O) groups is 1. The predicted octanol–water partition coefficient (Wildman–Crippen LogP) is 4.16. The Morgan fingerprint density at radius 3 is 2.76 bits per heavy atom. The van der Waals surface area contributed by atoms with Crippen molar-refractivity contribution >= 4 is 29.3 Å². The summed E-state index contributed by atoms with van der Waals surface area (Å²) in [5, 5.41) is 11.0. The number of allylic oxidation sites excluding steroid dienone is 1. The quantitative estimate of drug-likeness (QED) is 0.436. The monoisotopic (exact) mass is 461 g/mol. The van der Waals surface area contributed by atoms with Crippen LogP contribution in [-0.4, -0.2) is 40.1 Å². The van der Waals surface area contributed by atoms with E-state index in [2.05, 4.69) is 20.7 Å². The minimum Gasteiger partial charge on any atom is -0.404 e. The van der Waals surface area contributed by atoms with Gasteiger partial charge in [0.1, 0.15) is 6.67 Å². The number of hydrogen-bond acceptors (Lipinski definition) is 6. The summed E-state index contributed by atoms with van der Waals surface area (Å²) in [4.78, 5) is 20.9. The number of aliphatic imine (C=N–C) groups is 1. The summed E-state index contributed by atoms with van der Waals surface area (Å²) in [6, 6.07) is 11.5. The molecule has 0 saturated heterocycles. The molecule has 1 unspecified atom stereocenters. The van der Waals surface area contributed by atoms with E-state index in [-0.39, 0.29) is 18.5 Å². The second kappa shape index (κ2) is 9.86. The van der Waals surface area contributed by atoms with Gasteiger partial charge in [-0.3, -0.25) is 9.79 Å². The third-order valence-corrected chi connectivity index (χ3v) is 5.77. The highest BCUT2D eigenvalue weighted by Crippen LogP contribution is 2.32. The number of fused-ring (bicyclic) bond motifs is 1. The maximum absolute atomic E-state index is 12.3. The van der Waals surface area contributed by atoms with Crippen LogP contribution in [0.25, 0.3) is 17.0 Å². The second-order valence-electron chi connectivity index (χ2n) is 8.07. The normalized spacial score (nSPS) is 15.6. The van der Waals surface area contributed by atoms with Crippen molar-refractivity contribution in [3.05, 3.63) is 64.9 Å². The summed E-state index contributed by atoms with van der Waals surface area (Å²) in [6.45, 7) is 6.18. The Kier molecular flexibility index (Phi) is 6.72. The molecule has 0 fully saturated rings. The summed E-state index contributed by atoms with van der Waals surface area (Å²) in [7, 11) is 0. The first-order chi connectivity index (χ1) is 16.4. The lowest BCUT2D eigenvalue weighted by Crippen LogP contribution is -2.16. The Morgan fingerprint density at radius 2 is 2.09 bits per heavy atom. The summed E-state index contributed by atoms with van der Waals surface area (Å²) >= 11 is 0. The van der Waals surface area contributed by atoms with Crippen LogP contribution in [0.1, 0.15) is 46.9 Å². The van der Waals surface area contributed by atoms with Crippen LogP contribution in [0.5, 0.6) is 0 Å². The van der Waals surface area contributed by atoms with Gasteiger partial charge in [0.15, 0.2) is 5.82 Å². The highest BCUT2D eigenvalue weighted by molar-refractivity contribution is 6.09. The van der Waals surface area contributed by atoms with Gasteiger partial charge in [-0.1, -0.05) is 24.3 Å². The third kappa shape index (κ3) is 4.54. The first kappa shape index (κ1) is 23.2. The average molecular weight is 462 g/mol. The number of hydrogen-bond donors (Lipinski definition) is 3. The molecule has 2 heterocycles. The van der Waals surface area contributed by atoms with Crippen molar-refractivity contribution in [3.63, 3.8) is 0 Å². The van der Waals surface area contributed by atoms with Gasteiger partial charge in [0.25, 0.3) is 5.91 Å². The van der Waals surface area contributed by atoms with E-state index < -0.39 is 6.67 Å². The topological polar surface area (TPSA) is 110 Å². The zero-order valence-corrected chi connectivity index (χ0v) is 19.5. The third-order valence-electron chi connectivity index (χ3n) is 5.77. The van der Waals surface area contributed by atoms with E-state index >= 15 is 0 Å². The molecule has 34 heavy (non-hydrogen) atoms. The summed E-state index contributed by atoms with van der Waals surface area (Å²) in [5.74, 6) is 1.17. The van der Waals surface area contributed by atoms with Crippen LogP contribution in [0.15, 0.2) is 47.6 Å². The highest BCUT2D eigenvalue weighted by Gasteiger charge is 2.26. The molecule has 2 aromatic carbocycles. The number of nitrogens with zero attached hydrogens (tertiary/aromatic N) is 4. The van der Waals surface area contributed by atoms with Gasteiger partial charge < -0.3 is 16.4 Å². The molecule has 4 rings (SSSR count). The number of amides is 1. The fraction of sp³-hybridized carbons (Fsp3) is 0.280. The van der Waals surface area contributed by atoms with Crippen molar-refractivity contribution in [2.45, 2.75) is 33.4 Å². The molecule has 0 aliphatic carbocycles. The molecular weight excluding hydrogens is 433 g/mol. The number of nitrogens with one attached hydrogen (secondary N) is 2. The number of carbonyl (C=O) groups excluding carboxylic acids is 1. The van der Waals surface area contributed by atoms with Crippen molar-refractivity contribution in [3.8, 4) is 11.4 Å². The van der Waals surface area contributed by atoms with Gasteiger partial charge in [-0.25, -0.2) is 9.07 Å². The molecule has 1 aliphatic heterocycles. The second-order valence-corrected chi connectivity index (χ2v) is 8.07. The van der Waals surface area contributed by atoms with E-state index in [0.717, 1.165) is 27.9 Å². The number of rotatable bonds is 8. The molecule has 0 radical (unpaired) electrons. The minimum absolute atomic E-state index is 0.0313. The fourth-order valence-corrected chi connectivity index (χ4v) is 3.90. The van der Waals surface area contributed by atoms with Gasteiger partial charge in [0.05, 0.1) is 12.6 Å². The molecule has 1 atom stereocenters. The van der Waals surface area contributed by atoms with Gasteiger partial charge in [-0.15, -0.1) is 5.10 Å². The van der Waals surface area contributed by atoms with Crippen LogP contribution >= 0.6 is 0 Å². The number of alkyl halides is 1. The first-order valence-corrected chi connectivity index (χ1v) is 11.2. The standard InChI is InChI=1S/C25H28FN7O/c1-4-33-25(30-22-12-20-16(3)29-24(34)21(20)11-15(22)2)31-23(32-33)18-7-5-17(6-8-18)19(13-27)14-28-10-9-26/h5-8,11-14,16H,4,9-10,27H2,1-3H3,(H,29,34)(H,30,31,32)/b19-13+,28-14?. The fourth-order valence-electron chi connectivity index (χ4n) is 3.90. The van der Waals surface area contributed by atoms with Gasteiger partial charge in [0.2, 0.25) is 5.95 Å². The van der Waals surface area contributed by atoms with Gasteiger partial charge in [-0.05, 0) is 49.6 Å². The summed E-state index contributed by atoms with van der Waals surface area (Å²) in [5.41, 5.74) is 11.7. The minimum atomic E-state index is -0.506. The largest absolute Gasteiger partial charge is 0.404 e. The van der Waals surface area contributed by atoms with E-state index in [0.29, 0.717) is 29.5 Å². The smallest absolute Gasteiger partial charge is 0.252 e. The Hall–Kier alpha value is -4.01. The van der Waals surface area contributed by atoms with Crippen LogP contribution in [0.2, 0.25) is 0 Å². The highest BCUT2D eigenvalue weighted by atomic mass is 19.1. The molecule has 0 spiro atoms. The molecule has 9 heteroatoms. The van der Waals surface area contributed by atoms with Crippen molar-refractivity contribution in [2.24, 2.45) is 10.7 Å². The maximum atomic E-state index is 12.3. The van der Waals surface area contributed by atoms with Crippen molar-refractivity contribution in [2.75, 3.05) is 18.5 Å². The molecule has 1 amide bonds. The Morgan fingerprint density at radius 1 is 1.32 bits per heavy atom. The molecule has 4 N–H and O–H groups in total. The lowest BCUT2D eigenvalue weighted by molar-refractivity contribution is 0.0958. The molecule has 1 aliphatic rings. The Labute approximate surface area is 197 Å². The Balaban J connectivity index is 1.59. The van der Waals surface area contributed by atoms with Gasteiger partial charge in [-0.2, -0.15) is 4.98 Å². The number of aromatic nitrogens is 3. The lowest BCUT2D eigenvalue weighted by Gasteiger charge is -2.12. The van der Waals surface area contributed by atoms with Crippen LogP contribution in [-0.2, 0) is 6.54 Å². The van der Waals surface area contributed by atoms with Gasteiger partial charge in [0, 0.05) is 41.3 Å². The average Bonchev–Trinajstić information content (AvgIpc) is 3.37. The number of anilines is 2. The Bertz CT molecular complexity index is 1260. The molecule has 8 nitrogen and oxygen atoms in total. The molecule has 0 saturated carbocycles. The number of aryl methyl sites for hydroxylation is 2. The summed E-state index contributed by atoms with van der Waals surface area (Å²) in [6.07, 6.45) is 3.02. The number of nitrogens with two attached hydrogens (primary N) is 1. The van der Waals surface area contributed by atoms with Crippen molar-refractivity contribution < 1.29 is 9.18 Å². The molecule has 0 bridgehead atoms. The zero-order valence-electron chi connectivity index (χ0n) is 19.5. The van der Waals surface area contributed by atoms with Crippen LogP contribution in [0, 0.1) is 6.92 Å². The maximum Gasteiger partial charge on any atom is 0.252 e. The summed E-state index contributed by atoms with van der Waals surface area (Å²) < 4.78 is 14.1. The van der Waals surface area contributed by atoms with E-state index in [1.54, 1.807) is 10.9 Å². The lowest BCUT2D eigenvalue weighted by atomic mass is 10.0. The van der Waals surface area contributed by atoms with Crippen LogP contribution < -0.4 is 16.4 Å². The molecule has 176 valence electrons. The van der Waals surface area contributed by atoms with Gasteiger partial charge >= 0.3 is 0 Å². The molecule has 1 aromatic heterocycles. The molecule has 3 aromatic rings. The van der Waals surface area contributed by atoms with E-state index in [1.165, 1.54) is 6.20 Å². The molecular formula is C25H28FN7O. The zero-order chi connectivity index (χ0) is 24.2. The van der Waals surface area contributed by atoms with E-state index in [1.807, 2.05) is 57.2 Å². The van der Waals surface area contributed by atoms with E-state index in [4.69, 9.17) is 10.7 Å². The SMILES string of the molecule is CCn1nc(-c2ccc(/C(C=NCCF)=C/N)cc2)nc1Nc1cc2c(cc1C)C(=O)NC2C. The van der Waals surface area contributed by atoms with Crippen LogP contribution in [0.3, 0.4) is 0 Å². The van der Waals surface area contributed by atoms with E-state index in [9.17, 15) is 9.18 Å². The van der Waals surface area contributed by atoms with Crippen molar-refractivity contribution in [1.82, 2.24) is 20.1 Å². The van der Waals surface area contributed by atoms with Crippen molar-refractivity contribution in [1.29, 1.82) is 0 Å².